The van der Waals surface area contributed by atoms with Gasteiger partial charge in [-0.25, -0.2) is 0 Å². The van der Waals surface area contributed by atoms with Gasteiger partial charge in [-0.05, 0) is 48.1 Å². The molecule has 0 fully saturated rings. The van der Waals surface area contributed by atoms with E-state index in [0.717, 1.165) is 17.7 Å². The second-order valence-corrected chi connectivity index (χ2v) is 6.50. The minimum Gasteiger partial charge on any atom is -0.354 e. The fourth-order valence-corrected chi connectivity index (χ4v) is 3.09. The van der Waals surface area contributed by atoms with Crippen molar-refractivity contribution in [3.63, 3.8) is 0 Å². The van der Waals surface area contributed by atoms with Crippen LogP contribution in [0.2, 0.25) is 0 Å². The molecule has 0 unspecified atom stereocenters. The van der Waals surface area contributed by atoms with Crippen LogP contribution in [-0.2, 0) is 17.4 Å². The molecule has 0 spiro atoms. The number of hydrogen-bond donors (Lipinski definition) is 1. The Hall–Kier alpha value is -1.86. The topological polar surface area (TPSA) is 32.3 Å². The zero-order chi connectivity index (χ0) is 17.7. The number of nitrogens with one attached hydrogen (secondary N) is 1. The summed E-state index contributed by atoms with van der Waals surface area (Å²) in [5, 5.41) is 6.79. The average molecular weight is 356 g/mol. The molecular weight excluding hydrogens is 337 g/mol. The van der Waals surface area contributed by atoms with Crippen molar-refractivity contribution in [3.05, 3.63) is 57.8 Å². The molecule has 1 heterocycles. The molecule has 7 heteroatoms. The van der Waals surface area contributed by atoms with Gasteiger partial charge in [0, 0.05) is 6.54 Å². The Kier molecular flexibility index (Phi) is 6.01. The van der Waals surface area contributed by atoms with E-state index in [2.05, 4.69) is 5.32 Å². The van der Waals surface area contributed by atoms with Crippen LogP contribution in [0.15, 0.2) is 41.1 Å². The van der Waals surface area contributed by atoms with E-state index in [-0.39, 0.29) is 18.4 Å². The van der Waals surface area contributed by atoms with Crippen LogP contribution in [0.1, 0.15) is 22.7 Å². The van der Waals surface area contributed by atoms with E-state index in [9.17, 15) is 18.0 Å². The lowest BCUT2D eigenvalue weighted by Crippen LogP contribution is -2.35. The van der Waals surface area contributed by atoms with Crippen molar-refractivity contribution in [1.82, 2.24) is 10.2 Å². The Morgan fingerprint density at radius 2 is 2.04 bits per heavy atom. The smallest absolute Gasteiger partial charge is 0.354 e. The molecule has 130 valence electrons. The first-order valence-corrected chi connectivity index (χ1v) is 8.33. The van der Waals surface area contributed by atoms with Gasteiger partial charge in [0.2, 0.25) is 5.91 Å². The third kappa shape index (κ3) is 5.07. The van der Waals surface area contributed by atoms with Crippen LogP contribution in [-0.4, -0.2) is 31.4 Å². The third-order valence-electron chi connectivity index (χ3n) is 3.66. The summed E-state index contributed by atoms with van der Waals surface area (Å²) in [4.78, 5) is 14.1. The monoisotopic (exact) mass is 356 g/mol. The third-order valence-corrected chi connectivity index (χ3v) is 4.36. The second-order valence-electron chi connectivity index (χ2n) is 5.72. The second kappa shape index (κ2) is 7.81. The maximum atomic E-state index is 12.7. The summed E-state index contributed by atoms with van der Waals surface area (Å²) in [6.07, 6.45) is -4.48. The molecule has 0 aliphatic heterocycles. The number of halogens is 3. The Balaban J connectivity index is 1.96. The first-order valence-electron chi connectivity index (χ1n) is 7.38. The minimum atomic E-state index is -4.40. The number of amides is 1. The first-order chi connectivity index (χ1) is 11.3. The lowest BCUT2D eigenvalue weighted by molar-refractivity contribution is -0.137. The number of benzene rings is 1. The lowest BCUT2D eigenvalue weighted by Gasteiger charge is -2.24. The molecule has 3 nitrogen and oxygen atoms in total. The summed E-state index contributed by atoms with van der Waals surface area (Å²) in [6.45, 7) is 0.404. The van der Waals surface area contributed by atoms with Gasteiger partial charge in [0.25, 0.3) is 0 Å². The van der Waals surface area contributed by atoms with Crippen molar-refractivity contribution in [2.45, 2.75) is 18.6 Å². The van der Waals surface area contributed by atoms with Crippen LogP contribution in [0.4, 0.5) is 13.2 Å². The predicted octanol–water partition coefficient (Wildman–Crippen LogP) is 3.73. The van der Waals surface area contributed by atoms with Gasteiger partial charge in [0.15, 0.2) is 0 Å². The molecule has 24 heavy (non-hydrogen) atoms. The Bertz CT molecular complexity index is 669. The molecule has 2 aromatic rings. The maximum absolute atomic E-state index is 12.7. The maximum Gasteiger partial charge on any atom is 0.416 e. The number of carbonyl (C=O) groups is 1. The number of carbonyl (C=O) groups excluding carboxylic acids is 1. The van der Waals surface area contributed by atoms with Crippen molar-refractivity contribution < 1.29 is 18.0 Å². The van der Waals surface area contributed by atoms with E-state index in [1.54, 1.807) is 11.3 Å². The van der Waals surface area contributed by atoms with Crippen LogP contribution >= 0.6 is 11.3 Å². The molecule has 1 aromatic carbocycles. The number of thiophene rings is 1. The molecule has 0 saturated heterocycles. The highest BCUT2D eigenvalue weighted by Gasteiger charge is 2.30. The molecule has 1 N–H and O–H groups in total. The normalized spacial score (nSPS) is 13.1. The van der Waals surface area contributed by atoms with Crippen molar-refractivity contribution in [2.75, 3.05) is 20.6 Å². The fourth-order valence-electron chi connectivity index (χ4n) is 2.38. The van der Waals surface area contributed by atoms with Crippen molar-refractivity contribution in [3.8, 4) is 0 Å². The van der Waals surface area contributed by atoms with Crippen molar-refractivity contribution in [2.24, 2.45) is 0 Å². The van der Waals surface area contributed by atoms with Gasteiger partial charge in [-0.1, -0.05) is 18.2 Å². The first kappa shape index (κ1) is 18.5. The molecule has 0 aliphatic rings. The Labute approximate surface area is 143 Å². The molecule has 1 amide bonds. The SMILES string of the molecule is CN(C)[C@@H](CNC(=O)Cc1cccc(C(F)(F)F)c1)c1ccsc1. The number of nitrogens with zero attached hydrogens (tertiary/aromatic N) is 1. The quantitative estimate of drug-likeness (QED) is 0.855. The predicted molar refractivity (Wildman–Crippen MR) is 88.9 cm³/mol. The standard InChI is InChI=1S/C17H19F3N2OS/c1-22(2)15(13-6-7-24-11-13)10-21-16(23)9-12-4-3-5-14(8-12)17(18,19)20/h3-8,11,15H,9-10H2,1-2H3,(H,21,23)/t15-/m0/s1. The largest absolute Gasteiger partial charge is 0.416 e. The molecule has 1 atom stereocenters. The average Bonchev–Trinajstić information content (AvgIpc) is 3.00. The fraction of sp³-hybridized carbons (Fsp3) is 0.353. The summed E-state index contributed by atoms with van der Waals surface area (Å²) in [5.41, 5.74) is 0.709. The molecule has 0 bridgehead atoms. The van der Waals surface area contributed by atoms with Crippen LogP contribution < -0.4 is 5.32 Å². The van der Waals surface area contributed by atoms with Gasteiger partial charge in [0.05, 0.1) is 18.0 Å². The van der Waals surface area contributed by atoms with Crippen LogP contribution in [0.5, 0.6) is 0 Å². The lowest BCUT2D eigenvalue weighted by atomic mass is 10.1. The zero-order valence-electron chi connectivity index (χ0n) is 13.4. The molecule has 0 radical (unpaired) electrons. The highest BCUT2D eigenvalue weighted by molar-refractivity contribution is 7.07. The van der Waals surface area contributed by atoms with E-state index in [1.165, 1.54) is 12.1 Å². The van der Waals surface area contributed by atoms with E-state index in [4.69, 9.17) is 0 Å². The van der Waals surface area contributed by atoms with Gasteiger partial charge >= 0.3 is 6.18 Å². The number of alkyl halides is 3. The summed E-state index contributed by atoms with van der Waals surface area (Å²) >= 11 is 1.58. The van der Waals surface area contributed by atoms with E-state index < -0.39 is 11.7 Å². The van der Waals surface area contributed by atoms with E-state index >= 15 is 0 Å². The minimum absolute atomic E-state index is 0.0294. The highest BCUT2D eigenvalue weighted by atomic mass is 32.1. The number of likely N-dealkylation sites (N-methyl/N-ethyl adjacent to an activating group) is 1. The van der Waals surface area contributed by atoms with Gasteiger partial charge in [-0.3, -0.25) is 4.79 Å². The van der Waals surface area contributed by atoms with Gasteiger partial charge in [-0.2, -0.15) is 24.5 Å². The highest BCUT2D eigenvalue weighted by Crippen LogP contribution is 2.29. The number of rotatable bonds is 6. The molecular formula is C17H19F3N2OS. The van der Waals surface area contributed by atoms with E-state index in [1.807, 2.05) is 35.8 Å². The molecule has 2 rings (SSSR count). The summed E-state index contributed by atoms with van der Waals surface area (Å²) in [7, 11) is 3.84. The molecule has 1 aromatic heterocycles. The molecule has 0 aliphatic carbocycles. The van der Waals surface area contributed by atoms with Crippen molar-refractivity contribution >= 4 is 17.2 Å². The van der Waals surface area contributed by atoms with Crippen molar-refractivity contribution in [1.29, 1.82) is 0 Å². The number of hydrogen-bond acceptors (Lipinski definition) is 3. The summed E-state index contributed by atoms with van der Waals surface area (Å²) in [5.74, 6) is -0.295. The van der Waals surface area contributed by atoms with Gasteiger partial charge in [0.1, 0.15) is 0 Å². The molecule has 0 saturated carbocycles. The van der Waals surface area contributed by atoms with E-state index in [0.29, 0.717) is 12.1 Å². The van der Waals surface area contributed by atoms with Gasteiger partial charge in [-0.15, -0.1) is 0 Å². The summed E-state index contributed by atoms with van der Waals surface area (Å²) < 4.78 is 38.1. The zero-order valence-corrected chi connectivity index (χ0v) is 14.2. The van der Waals surface area contributed by atoms with Crippen LogP contribution in [0, 0.1) is 0 Å². The van der Waals surface area contributed by atoms with Crippen LogP contribution in [0.3, 0.4) is 0 Å². The van der Waals surface area contributed by atoms with Crippen LogP contribution in [0.25, 0.3) is 0 Å². The van der Waals surface area contributed by atoms with Gasteiger partial charge < -0.3 is 10.2 Å². The Morgan fingerprint density at radius 1 is 1.29 bits per heavy atom. The summed E-state index contributed by atoms with van der Waals surface area (Å²) in [6, 6.07) is 6.88. The Morgan fingerprint density at radius 3 is 2.62 bits per heavy atom.